The number of carbonyl (C=O) groups is 1. The van der Waals surface area contributed by atoms with Crippen LogP contribution in [0.4, 0.5) is 0 Å². The topological polar surface area (TPSA) is 132 Å². The highest BCUT2D eigenvalue weighted by Gasteiger charge is 2.14. The molecule has 0 aliphatic rings. The van der Waals surface area contributed by atoms with Crippen molar-refractivity contribution in [2.45, 2.75) is 39.2 Å². The highest BCUT2D eigenvalue weighted by Crippen LogP contribution is 2.08. The molecule has 1 amide bonds. The van der Waals surface area contributed by atoms with Crippen LogP contribution in [0.25, 0.3) is 6.08 Å². The third kappa shape index (κ3) is 9.21. The van der Waals surface area contributed by atoms with E-state index in [-0.39, 0.29) is 17.9 Å². The highest BCUT2D eigenvalue weighted by molar-refractivity contribution is 8.10. The van der Waals surface area contributed by atoms with Crippen molar-refractivity contribution in [2.75, 3.05) is 23.2 Å². The molecule has 0 fully saturated rings. The van der Waals surface area contributed by atoms with E-state index < -0.39 is 34.0 Å². The number of aromatic amines is 2. The van der Waals surface area contributed by atoms with Crippen molar-refractivity contribution in [1.29, 1.82) is 0 Å². The number of aryl methyl sites for hydroxylation is 1. The number of rotatable bonds is 12. The molecule has 0 radical (unpaired) electrons. The summed E-state index contributed by atoms with van der Waals surface area (Å²) >= 11 is 1.61. The molecule has 1 aromatic heterocycles. The van der Waals surface area contributed by atoms with Crippen molar-refractivity contribution < 1.29 is 14.1 Å². The lowest BCUT2D eigenvalue weighted by molar-refractivity contribution is -0.117. The number of amides is 1. The SMILES string of the molecule is CCCCCSCS(=O)C[C@H](CO)NC(=O)/C=C/c1c(C)[nH]c(=O)[nH]c1=O. The quantitative estimate of drug-likeness (QED) is 0.289. The minimum atomic E-state index is -1.15. The van der Waals surface area contributed by atoms with E-state index in [0.29, 0.717) is 10.8 Å². The lowest BCUT2D eigenvalue weighted by Gasteiger charge is -2.14. The van der Waals surface area contributed by atoms with Gasteiger partial charge in [-0.1, -0.05) is 19.8 Å². The van der Waals surface area contributed by atoms with Crippen molar-refractivity contribution >= 4 is 34.5 Å². The Morgan fingerprint density at radius 3 is 2.70 bits per heavy atom. The van der Waals surface area contributed by atoms with Gasteiger partial charge in [-0.2, -0.15) is 0 Å². The molecule has 152 valence electrons. The van der Waals surface area contributed by atoms with Gasteiger partial charge in [0.05, 0.1) is 23.3 Å². The zero-order valence-electron chi connectivity index (χ0n) is 15.6. The normalized spacial score (nSPS) is 13.6. The zero-order valence-corrected chi connectivity index (χ0v) is 17.2. The Hall–Kier alpha value is -1.65. The van der Waals surface area contributed by atoms with E-state index in [2.05, 4.69) is 22.2 Å². The summed E-state index contributed by atoms with van der Waals surface area (Å²) in [6, 6.07) is -0.630. The Morgan fingerprint density at radius 2 is 2.07 bits per heavy atom. The summed E-state index contributed by atoms with van der Waals surface area (Å²) in [5.41, 5.74) is -0.709. The van der Waals surface area contributed by atoms with Gasteiger partial charge >= 0.3 is 5.69 Å². The van der Waals surface area contributed by atoms with E-state index in [4.69, 9.17) is 0 Å². The predicted octanol–water partition coefficient (Wildman–Crippen LogP) is 0.492. The van der Waals surface area contributed by atoms with Crippen LogP contribution in [0.1, 0.15) is 37.4 Å². The number of hydrogen-bond acceptors (Lipinski definition) is 6. The summed E-state index contributed by atoms with van der Waals surface area (Å²) in [4.78, 5) is 39.4. The number of nitrogens with one attached hydrogen (secondary N) is 3. The zero-order chi connectivity index (χ0) is 20.2. The monoisotopic (exact) mass is 417 g/mol. The van der Waals surface area contributed by atoms with Crippen molar-refractivity contribution in [2.24, 2.45) is 0 Å². The Labute approximate surface area is 164 Å². The van der Waals surface area contributed by atoms with Gasteiger partial charge < -0.3 is 15.4 Å². The lowest BCUT2D eigenvalue weighted by Crippen LogP contribution is -2.40. The third-order valence-corrected chi connectivity index (χ3v) is 6.71. The van der Waals surface area contributed by atoms with Crippen LogP contribution in [0.2, 0.25) is 0 Å². The van der Waals surface area contributed by atoms with Crippen LogP contribution >= 0.6 is 11.8 Å². The summed E-state index contributed by atoms with van der Waals surface area (Å²) in [5.74, 6) is 0.590. The van der Waals surface area contributed by atoms with E-state index in [9.17, 15) is 23.7 Å². The van der Waals surface area contributed by atoms with E-state index >= 15 is 0 Å². The van der Waals surface area contributed by atoms with Gasteiger partial charge in [0.25, 0.3) is 5.56 Å². The highest BCUT2D eigenvalue weighted by atomic mass is 32.2. The molecule has 1 rings (SSSR count). The Bertz CT molecular complexity index is 773. The van der Waals surface area contributed by atoms with Crippen molar-refractivity contribution in [3.8, 4) is 0 Å². The number of aliphatic hydroxyl groups excluding tert-OH is 1. The van der Waals surface area contributed by atoms with Gasteiger partial charge in [-0.15, -0.1) is 11.8 Å². The summed E-state index contributed by atoms with van der Waals surface area (Å²) in [6.45, 7) is 3.34. The number of H-pyrrole nitrogens is 2. The minimum Gasteiger partial charge on any atom is -0.394 e. The second-order valence-electron chi connectivity index (χ2n) is 6.01. The van der Waals surface area contributed by atoms with Gasteiger partial charge in [0.1, 0.15) is 0 Å². The average molecular weight is 418 g/mol. The Balaban J connectivity index is 2.52. The van der Waals surface area contributed by atoms with E-state index in [1.165, 1.54) is 6.08 Å². The fraction of sp³-hybridized carbons (Fsp3) is 0.588. The number of thioether (sulfide) groups is 1. The second kappa shape index (κ2) is 12.7. The predicted molar refractivity (Wildman–Crippen MR) is 110 cm³/mol. The fourth-order valence-electron chi connectivity index (χ4n) is 2.24. The average Bonchev–Trinajstić information content (AvgIpc) is 2.60. The first-order valence-electron chi connectivity index (χ1n) is 8.72. The molecule has 27 heavy (non-hydrogen) atoms. The van der Waals surface area contributed by atoms with Crippen molar-refractivity contribution in [3.63, 3.8) is 0 Å². The lowest BCUT2D eigenvalue weighted by atomic mass is 10.2. The van der Waals surface area contributed by atoms with Crippen LogP contribution in [-0.4, -0.2) is 54.4 Å². The van der Waals surface area contributed by atoms with Gasteiger partial charge in [-0.3, -0.25) is 18.8 Å². The van der Waals surface area contributed by atoms with E-state index in [1.54, 1.807) is 18.7 Å². The summed E-state index contributed by atoms with van der Waals surface area (Å²) in [7, 11) is -1.15. The van der Waals surface area contributed by atoms with Crippen LogP contribution in [0, 0.1) is 6.92 Å². The van der Waals surface area contributed by atoms with Gasteiger partial charge in [0.15, 0.2) is 0 Å². The molecule has 1 aromatic rings. The molecule has 0 bridgehead atoms. The first-order chi connectivity index (χ1) is 12.9. The second-order valence-corrected chi connectivity index (χ2v) is 8.98. The van der Waals surface area contributed by atoms with E-state index in [1.807, 2.05) is 0 Å². The number of aromatic nitrogens is 2. The molecule has 0 aliphatic carbocycles. The Morgan fingerprint density at radius 1 is 1.33 bits per heavy atom. The molecular formula is C17H27N3O5S2. The molecule has 0 saturated heterocycles. The van der Waals surface area contributed by atoms with Crippen LogP contribution in [0.5, 0.6) is 0 Å². The van der Waals surface area contributed by atoms with Gasteiger partial charge in [0.2, 0.25) is 5.91 Å². The Kier molecular flexibility index (Phi) is 11.0. The molecule has 2 atom stereocenters. The van der Waals surface area contributed by atoms with E-state index in [0.717, 1.165) is 31.1 Å². The smallest absolute Gasteiger partial charge is 0.325 e. The fourth-order valence-corrected chi connectivity index (χ4v) is 4.88. The maximum atomic E-state index is 12.1. The number of carbonyl (C=O) groups excluding carboxylic acids is 1. The third-order valence-electron chi connectivity index (χ3n) is 3.64. The van der Waals surface area contributed by atoms with Crippen LogP contribution in [0.15, 0.2) is 15.7 Å². The van der Waals surface area contributed by atoms with Gasteiger partial charge in [-0.05, 0) is 25.2 Å². The molecule has 1 heterocycles. The molecule has 4 N–H and O–H groups in total. The molecule has 0 aromatic carbocycles. The molecule has 0 spiro atoms. The maximum absolute atomic E-state index is 12.1. The molecule has 10 heteroatoms. The largest absolute Gasteiger partial charge is 0.394 e. The van der Waals surface area contributed by atoms with Gasteiger partial charge in [-0.25, -0.2) is 4.79 Å². The first kappa shape index (κ1) is 23.4. The van der Waals surface area contributed by atoms with Crippen LogP contribution in [-0.2, 0) is 15.6 Å². The van der Waals surface area contributed by atoms with Crippen LogP contribution < -0.4 is 16.6 Å². The van der Waals surface area contributed by atoms with Crippen molar-refractivity contribution in [1.82, 2.24) is 15.3 Å². The van der Waals surface area contributed by atoms with Gasteiger partial charge in [0, 0.05) is 28.3 Å². The number of unbranched alkanes of at least 4 members (excludes halogenated alkanes) is 2. The standard InChI is InChI=1S/C17H27N3O5S2/c1-3-4-5-8-26-11-27(25)10-13(9-21)19-15(22)7-6-14-12(2)18-17(24)20-16(14)23/h6-7,13,21H,3-5,8-11H2,1-2H3,(H,19,22)(H2,18,20,23,24)/b7-6+/t13-,27?/m0/s1. The van der Waals surface area contributed by atoms with Crippen molar-refractivity contribution in [3.05, 3.63) is 38.2 Å². The maximum Gasteiger partial charge on any atom is 0.325 e. The molecule has 0 aliphatic heterocycles. The molecule has 8 nitrogen and oxygen atoms in total. The summed E-state index contributed by atoms with van der Waals surface area (Å²) in [6.07, 6.45) is 5.81. The molecule has 0 saturated carbocycles. The summed E-state index contributed by atoms with van der Waals surface area (Å²) < 4.78 is 12.1. The van der Waals surface area contributed by atoms with Crippen LogP contribution in [0.3, 0.4) is 0 Å². The first-order valence-corrected chi connectivity index (χ1v) is 11.4. The minimum absolute atomic E-state index is 0.162. The number of hydrogen-bond donors (Lipinski definition) is 4. The summed E-state index contributed by atoms with van der Waals surface area (Å²) in [5, 5.41) is 12.4. The molecular weight excluding hydrogens is 390 g/mol. The molecule has 1 unspecified atom stereocenters. The number of aliphatic hydroxyl groups is 1.